The van der Waals surface area contributed by atoms with Crippen molar-refractivity contribution in [2.24, 2.45) is 0 Å². The fourth-order valence-electron chi connectivity index (χ4n) is 4.21. The van der Waals surface area contributed by atoms with Crippen molar-refractivity contribution in [3.8, 4) is 11.4 Å². The van der Waals surface area contributed by atoms with E-state index >= 15 is 0 Å². The number of hydrogen-bond donors (Lipinski definition) is 3. The maximum absolute atomic E-state index is 13.2. The van der Waals surface area contributed by atoms with Crippen LogP contribution in [-0.4, -0.2) is 95.8 Å². The third-order valence-electron chi connectivity index (χ3n) is 6.39. The Morgan fingerprint density at radius 2 is 1.77 bits per heavy atom. The van der Waals surface area contributed by atoms with Gasteiger partial charge in [-0.15, -0.1) is 15.0 Å². The van der Waals surface area contributed by atoms with E-state index in [1.807, 2.05) is 36.1 Å². The molecule has 3 aromatic rings. The number of unbranched alkanes of at least 4 members (excludes halogenated alkanes) is 1. The minimum absolute atomic E-state index is 0.0261. The van der Waals surface area contributed by atoms with E-state index in [9.17, 15) is 22.9 Å². The monoisotopic (exact) mass is 563 g/mol. The number of aromatic nitrogens is 3. The topological polar surface area (TPSA) is 156 Å². The molecule has 0 saturated heterocycles. The Balaban J connectivity index is 1.81. The molecule has 0 aliphatic heterocycles. The number of rotatable bonds is 16. The minimum atomic E-state index is -4.27. The molecular weight excluding hydrogens is 526 g/mol. The van der Waals surface area contributed by atoms with Crippen molar-refractivity contribution in [2.45, 2.75) is 44.9 Å². The van der Waals surface area contributed by atoms with Crippen LogP contribution in [0.5, 0.6) is 5.75 Å². The molecule has 0 radical (unpaired) electrons. The summed E-state index contributed by atoms with van der Waals surface area (Å²) in [6.45, 7) is 3.10. The average Bonchev–Trinajstić information content (AvgIpc) is 3.34. The minimum Gasteiger partial charge on any atom is -0.506 e. The number of benzene rings is 2. The number of carbonyl (C=O) groups is 1. The van der Waals surface area contributed by atoms with Gasteiger partial charge in [0.1, 0.15) is 22.5 Å². The summed E-state index contributed by atoms with van der Waals surface area (Å²) in [5.74, 6) is -0.904. The number of ether oxygens (including phenoxy) is 2. The first-order valence-electron chi connectivity index (χ1n) is 12.8. The fraction of sp³-hybridized carbons (Fsp3) is 0.500. The number of hydrogen-bond acceptors (Lipinski definition) is 9. The van der Waals surface area contributed by atoms with Crippen LogP contribution in [0.25, 0.3) is 16.7 Å². The van der Waals surface area contributed by atoms with Crippen LogP contribution < -0.4 is 5.32 Å². The second-order valence-corrected chi connectivity index (χ2v) is 10.7. The van der Waals surface area contributed by atoms with Crippen LogP contribution >= 0.6 is 0 Å². The molecule has 2 aromatic carbocycles. The van der Waals surface area contributed by atoms with Crippen LogP contribution in [0, 0.1) is 0 Å². The molecule has 1 unspecified atom stereocenters. The molecule has 3 rings (SSSR count). The normalized spacial score (nSPS) is 12.9. The van der Waals surface area contributed by atoms with Gasteiger partial charge in [-0.2, -0.15) is 8.42 Å². The summed E-state index contributed by atoms with van der Waals surface area (Å²) >= 11 is 0. The lowest BCUT2D eigenvalue weighted by molar-refractivity contribution is -0.132. The van der Waals surface area contributed by atoms with Crippen molar-refractivity contribution in [1.82, 2.24) is 25.2 Å². The Morgan fingerprint density at radius 3 is 2.36 bits per heavy atom. The molecule has 1 atom stereocenters. The van der Waals surface area contributed by atoms with E-state index in [1.165, 1.54) is 19.0 Å². The van der Waals surface area contributed by atoms with E-state index in [-0.39, 0.29) is 24.6 Å². The molecule has 1 aromatic heterocycles. The maximum Gasteiger partial charge on any atom is 0.264 e. The lowest BCUT2D eigenvalue weighted by atomic mass is 10.1. The molecular formula is C26H37N5O7S. The predicted molar refractivity (Wildman–Crippen MR) is 146 cm³/mol. The van der Waals surface area contributed by atoms with Crippen molar-refractivity contribution >= 4 is 27.1 Å². The Kier molecular flexibility index (Phi) is 11.2. The van der Waals surface area contributed by atoms with Gasteiger partial charge in [0.15, 0.2) is 6.29 Å². The summed E-state index contributed by atoms with van der Waals surface area (Å²) in [5.41, 5.74) is 2.70. The lowest BCUT2D eigenvalue weighted by Gasteiger charge is -2.31. The summed E-state index contributed by atoms with van der Waals surface area (Å²) in [6.07, 6.45) is 1.44. The zero-order valence-electron chi connectivity index (χ0n) is 22.5. The van der Waals surface area contributed by atoms with Crippen molar-refractivity contribution < 1.29 is 32.3 Å². The van der Waals surface area contributed by atoms with Crippen molar-refractivity contribution in [1.29, 1.82) is 0 Å². The van der Waals surface area contributed by atoms with Crippen molar-refractivity contribution in [3.63, 3.8) is 0 Å². The smallest absolute Gasteiger partial charge is 0.264 e. The quantitative estimate of drug-likeness (QED) is 0.174. The van der Waals surface area contributed by atoms with E-state index in [1.54, 1.807) is 18.2 Å². The van der Waals surface area contributed by atoms with Crippen LogP contribution in [0.3, 0.4) is 0 Å². The van der Waals surface area contributed by atoms with Gasteiger partial charge in [0, 0.05) is 20.8 Å². The summed E-state index contributed by atoms with van der Waals surface area (Å²) in [7, 11) is -1.36. The molecule has 0 fully saturated rings. The van der Waals surface area contributed by atoms with E-state index < -0.39 is 28.2 Å². The third kappa shape index (κ3) is 8.97. The molecule has 214 valence electrons. The third-order valence-corrected chi connectivity index (χ3v) is 7.14. The fourth-order valence-corrected chi connectivity index (χ4v) is 4.74. The van der Waals surface area contributed by atoms with Gasteiger partial charge < -0.3 is 19.9 Å². The first kappa shape index (κ1) is 30.4. The highest BCUT2D eigenvalue weighted by atomic mass is 32.2. The molecule has 0 saturated carbocycles. The van der Waals surface area contributed by atoms with E-state index in [0.717, 1.165) is 18.4 Å². The highest BCUT2D eigenvalue weighted by Crippen LogP contribution is 2.24. The molecule has 3 N–H and O–H groups in total. The number of methoxy groups -OCH3 is 2. The van der Waals surface area contributed by atoms with E-state index in [0.29, 0.717) is 36.2 Å². The predicted octanol–water partition coefficient (Wildman–Crippen LogP) is 2.15. The average molecular weight is 564 g/mol. The van der Waals surface area contributed by atoms with Crippen LogP contribution in [0.1, 0.15) is 31.7 Å². The van der Waals surface area contributed by atoms with Crippen LogP contribution in [-0.2, 0) is 30.8 Å². The first-order chi connectivity index (χ1) is 18.6. The number of phenols is 1. The second kappa shape index (κ2) is 14.3. The van der Waals surface area contributed by atoms with Gasteiger partial charge in [0.05, 0.1) is 18.3 Å². The van der Waals surface area contributed by atoms with Gasteiger partial charge in [-0.3, -0.25) is 14.2 Å². The van der Waals surface area contributed by atoms with Crippen molar-refractivity contribution in [2.75, 3.05) is 39.6 Å². The van der Waals surface area contributed by atoms with Gasteiger partial charge in [-0.1, -0.05) is 31.5 Å². The van der Waals surface area contributed by atoms with Crippen LogP contribution in [0.15, 0.2) is 42.5 Å². The summed E-state index contributed by atoms with van der Waals surface area (Å²) in [4.78, 5) is 16.5. The van der Waals surface area contributed by atoms with Gasteiger partial charge >= 0.3 is 0 Å². The lowest BCUT2D eigenvalue weighted by Crippen LogP contribution is -2.50. The first-order valence-corrected chi connectivity index (χ1v) is 14.4. The zero-order valence-corrected chi connectivity index (χ0v) is 23.3. The van der Waals surface area contributed by atoms with Crippen LogP contribution in [0.4, 0.5) is 0 Å². The summed E-state index contributed by atoms with van der Waals surface area (Å²) in [6, 6.07) is 11.8. The highest BCUT2D eigenvalue weighted by Gasteiger charge is 2.28. The Labute approximate surface area is 228 Å². The number of phenolic OH excluding ortho intramolecular Hbond substituents is 1. The Bertz CT molecular complexity index is 1290. The van der Waals surface area contributed by atoms with Crippen LogP contribution in [0.2, 0.25) is 0 Å². The second-order valence-electron chi connectivity index (χ2n) is 9.18. The number of carbonyl (C=O) groups excluding carboxylic acids is 1. The molecule has 1 heterocycles. The summed E-state index contributed by atoms with van der Waals surface area (Å²) < 4.78 is 42.7. The molecule has 0 aliphatic carbocycles. The van der Waals surface area contributed by atoms with E-state index in [4.69, 9.17) is 9.47 Å². The number of amides is 1. The highest BCUT2D eigenvalue weighted by molar-refractivity contribution is 7.85. The molecule has 13 heteroatoms. The molecule has 0 spiro atoms. The maximum atomic E-state index is 13.2. The Morgan fingerprint density at radius 1 is 1.10 bits per heavy atom. The van der Waals surface area contributed by atoms with Gasteiger partial charge in [-0.05, 0) is 55.6 Å². The van der Waals surface area contributed by atoms with Gasteiger partial charge in [0.25, 0.3) is 10.1 Å². The summed E-state index contributed by atoms with van der Waals surface area (Å²) in [5, 5.41) is 22.2. The SMILES string of the molecule is CCCCN(CCc1ccc(O)c(-n2nc3ccccc3n2)c1)C(CCS(=O)(=O)O)C(=O)NCC(OC)OC. The number of aromatic hydroxyl groups is 1. The Hall–Kier alpha value is -3.10. The zero-order chi connectivity index (χ0) is 28.4. The number of nitrogens with zero attached hydrogens (tertiary/aromatic N) is 4. The molecule has 1 amide bonds. The molecule has 0 bridgehead atoms. The standard InChI is InChI=1S/C26H37N5O7S/c1-4-5-14-30(22(13-16-39(34,35)36)26(33)27-18-25(37-2)38-3)15-12-19-10-11-24(32)23(17-19)31-28-20-8-6-7-9-21(20)29-31/h6-11,17,22,25,32H,4-5,12-16,18H2,1-3H3,(H,27,33)(H,34,35,36). The largest absolute Gasteiger partial charge is 0.506 e. The molecule has 39 heavy (non-hydrogen) atoms. The number of fused-ring (bicyclic) bond motifs is 1. The van der Waals surface area contributed by atoms with E-state index in [2.05, 4.69) is 15.5 Å². The molecule has 12 nitrogen and oxygen atoms in total. The van der Waals surface area contributed by atoms with Gasteiger partial charge in [0.2, 0.25) is 5.91 Å². The van der Waals surface area contributed by atoms with Gasteiger partial charge in [-0.25, -0.2) is 0 Å². The molecule has 0 aliphatic rings. The number of nitrogens with one attached hydrogen (secondary N) is 1. The van der Waals surface area contributed by atoms with Crippen molar-refractivity contribution in [3.05, 3.63) is 48.0 Å².